The average Bonchev–Trinajstić information content (AvgIpc) is 2.84. The Hall–Kier alpha value is -3.08. The maximum absolute atomic E-state index is 14.6. The maximum atomic E-state index is 14.6. The molecular formula is C28H23ClNOP. The Morgan fingerprint density at radius 3 is 1.84 bits per heavy atom. The van der Waals surface area contributed by atoms with Crippen LogP contribution in [0.5, 0.6) is 0 Å². The predicted molar refractivity (Wildman–Crippen MR) is 135 cm³/mol. The van der Waals surface area contributed by atoms with E-state index in [2.05, 4.69) is 16.9 Å². The molecule has 0 saturated carbocycles. The minimum atomic E-state index is -3.17. The molecule has 0 bridgehead atoms. The molecule has 0 aliphatic carbocycles. The molecule has 0 unspecified atom stereocenters. The van der Waals surface area contributed by atoms with E-state index in [0.717, 1.165) is 27.3 Å². The first-order chi connectivity index (χ1) is 15.6. The topological polar surface area (TPSA) is 29.1 Å². The monoisotopic (exact) mass is 455 g/mol. The van der Waals surface area contributed by atoms with Gasteiger partial charge in [-0.3, -0.25) is 4.57 Å². The molecule has 0 saturated heterocycles. The highest BCUT2D eigenvalue weighted by Crippen LogP contribution is 2.42. The highest BCUT2D eigenvalue weighted by Gasteiger charge is 2.30. The summed E-state index contributed by atoms with van der Waals surface area (Å²) < 4.78 is 14.6. The van der Waals surface area contributed by atoms with Crippen molar-refractivity contribution in [2.45, 2.75) is 13.0 Å². The SMILES string of the molecule is Cc1ccccc1[C@H](C#Cc1ccc(Cl)cc1)NP(=O)(c1ccccc1)c1ccccc1. The third kappa shape index (κ3) is 5.04. The number of hydrogen-bond acceptors (Lipinski definition) is 1. The van der Waals surface area contributed by atoms with Crippen molar-refractivity contribution in [1.82, 2.24) is 5.09 Å². The van der Waals surface area contributed by atoms with E-state index in [1.165, 1.54) is 0 Å². The summed E-state index contributed by atoms with van der Waals surface area (Å²) in [7, 11) is -3.17. The lowest BCUT2D eigenvalue weighted by molar-refractivity contribution is 0.574. The number of hydrogen-bond donors (Lipinski definition) is 1. The Kier molecular flexibility index (Phi) is 6.93. The van der Waals surface area contributed by atoms with Gasteiger partial charge >= 0.3 is 0 Å². The molecule has 0 aliphatic heterocycles. The lowest BCUT2D eigenvalue weighted by atomic mass is 10.0. The van der Waals surface area contributed by atoms with E-state index in [0.29, 0.717) is 5.02 Å². The average molecular weight is 456 g/mol. The molecule has 0 aliphatic rings. The quantitative estimate of drug-likeness (QED) is 0.284. The molecule has 0 amide bonds. The number of nitrogens with one attached hydrogen (secondary N) is 1. The van der Waals surface area contributed by atoms with Crippen molar-refractivity contribution in [1.29, 1.82) is 0 Å². The van der Waals surface area contributed by atoms with Crippen molar-refractivity contribution in [2.24, 2.45) is 0 Å². The van der Waals surface area contributed by atoms with E-state index >= 15 is 0 Å². The number of halogens is 1. The second-order valence-electron chi connectivity index (χ2n) is 7.48. The Labute approximate surface area is 194 Å². The number of aryl methyl sites for hydroxylation is 1. The van der Waals surface area contributed by atoms with Crippen LogP contribution in [0.2, 0.25) is 5.02 Å². The minimum absolute atomic E-state index is 0.432. The van der Waals surface area contributed by atoms with Crippen molar-refractivity contribution >= 4 is 29.5 Å². The summed E-state index contributed by atoms with van der Waals surface area (Å²) >= 11 is 6.02. The first kappa shape index (κ1) is 22.1. The second kappa shape index (κ2) is 10.0. The fraction of sp³-hybridized carbons (Fsp3) is 0.0714. The lowest BCUT2D eigenvalue weighted by Gasteiger charge is -2.25. The first-order valence-electron chi connectivity index (χ1n) is 10.4. The van der Waals surface area contributed by atoms with Crippen molar-refractivity contribution in [2.75, 3.05) is 0 Å². The van der Waals surface area contributed by atoms with E-state index in [9.17, 15) is 4.57 Å². The van der Waals surface area contributed by atoms with Gasteiger partial charge in [-0.05, 0) is 66.6 Å². The summed E-state index contributed by atoms with van der Waals surface area (Å²) in [5.41, 5.74) is 2.94. The van der Waals surface area contributed by atoms with Crippen LogP contribution in [-0.4, -0.2) is 0 Å². The molecule has 0 aromatic heterocycles. The van der Waals surface area contributed by atoms with Crippen LogP contribution in [0, 0.1) is 18.8 Å². The van der Waals surface area contributed by atoms with Gasteiger partial charge in [0.2, 0.25) is 7.29 Å². The molecule has 4 heteroatoms. The summed E-state index contributed by atoms with van der Waals surface area (Å²) in [5, 5.41) is 5.62. The highest BCUT2D eigenvalue weighted by molar-refractivity contribution is 7.76. The summed E-state index contributed by atoms with van der Waals surface area (Å²) in [5.74, 6) is 6.56. The zero-order valence-electron chi connectivity index (χ0n) is 17.7. The molecule has 0 fully saturated rings. The van der Waals surface area contributed by atoms with E-state index in [1.54, 1.807) is 0 Å². The molecule has 4 aromatic rings. The molecule has 2 nitrogen and oxygen atoms in total. The molecule has 1 N–H and O–H groups in total. The molecule has 0 heterocycles. The van der Waals surface area contributed by atoms with Gasteiger partial charge in [0.1, 0.15) is 6.04 Å². The van der Waals surface area contributed by atoms with E-state index in [-0.39, 0.29) is 0 Å². The first-order valence-corrected chi connectivity index (χ1v) is 12.5. The van der Waals surface area contributed by atoms with Crippen molar-refractivity contribution < 1.29 is 4.57 Å². The van der Waals surface area contributed by atoms with Gasteiger partial charge in [-0.15, -0.1) is 0 Å². The summed E-state index contributed by atoms with van der Waals surface area (Å²) in [6.45, 7) is 2.05. The van der Waals surface area contributed by atoms with Crippen LogP contribution < -0.4 is 15.7 Å². The van der Waals surface area contributed by atoms with E-state index in [1.807, 2.05) is 116 Å². The van der Waals surface area contributed by atoms with Crippen molar-refractivity contribution in [3.05, 3.63) is 131 Å². The van der Waals surface area contributed by atoms with Gasteiger partial charge < -0.3 is 0 Å². The van der Waals surface area contributed by atoms with Gasteiger partial charge in [-0.2, -0.15) is 0 Å². The van der Waals surface area contributed by atoms with Crippen LogP contribution in [0.25, 0.3) is 0 Å². The van der Waals surface area contributed by atoms with E-state index < -0.39 is 13.3 Å². The maximum Gasteiger partial charge on any atom is 0.205 e. The predicted octanol–water partition coefficient (Wildman–Crippen LogP) is 6.26. The fourth-order valence-electron chi connectivity index (χ4n) is 3.53. The number of benzene rings is 4. The highest BCUT2D eigenvalue weighted by atomic mass is 35.5. The molecule has 4 rings (SSSR count). The standard InChI is InChI=1S/C28H23ClNOP/c1-22-10-8-9-15-27(22)28(21-18-23-16-19-24(29)20-17-23)30-32(31,25-11-4-2-5-12-25)26-13-6-3-7-14-26/h2-17,19-20,28H,1H3,(H,30,31)/t28-/m0/s1. The third-order valence-electron chi connectivity index (χ3n) is 5.26. The zero-order chi connectivity index (χ0) is 22.4. The Morgan fingerprint density at radius 1 is 0.750 bits per heavy atom. The van der Waals surface area contributed by atoms with Gasteiger partial charge in [-0.1, -0.05) is 84.1 Å². The van der Waals surface area contributed by atoms with Gasteiger partial charge in [0.05, 0.1) is 0 Å². The fourth-order valence-corrected chi connectivity index (χ4v) is 6.01. The van der Waals surface area contributed by atoms with Crippen LogP contribution in [-0.2, 0) is 4.57 Å². The minimum Gasteiger partial charge on any atom is -0.296 e. The second-order valence-corrected chi connectivity index (χ2v) is 10.4. The molecule has 158 valence electrons. The summed E-state index contributed by atoms with van der Waals surface area (Å²) in [6, 6.07) is 34.2. The molecule has 4 aromatic carbocycles. The van der Waals surface area contributed by atoms with Crippen LogP contribution in [0.4, 0.5) is 0 Å². The normalized spacial score (nSPS) is 11.9. The zero-order valence-corrected chi connectivity index (χ0v) is 19.4. The van der Waals surface area contributed by atoms with Gasteiger partial charge in [0.25, 0.3) is 0 Å². The van der Waals surface area contributed by atoms with Crippen LogP contribution in [0.1, 0.15) is 22.7 Å². The van der Waals surface area contributed by atoms with E-state index in [4.69, 9.17) is 11.6 Å². The van der Waals surface area contributed by atoms with Gasteiger partial charge in [0.15, 0.2) is 0 Å². The van der Waals surface area contributed by atoms with Crippen LogP contribution in [0.15, 0.2) is 109 Å². The number of rotatable bonds is 5. The van der Waals surface area contributed by atoms with Gasteiger partial charge in [0, 0.05) is 21.2 Å². The Bertz CT molecular complexity index is 1250. The molecular weight excluding hydrogens is 433 g/mol. The third-order valence-corrected chi connectivity index (χ3v) is 8.18. The lowest BCUT2D eigenvalue weighted by Crippen LogP contribution is -2.30. The van der Waals surface area contributed by atoms with Crippen LogP contribution >= 0.6 is 18.9 Å². The van der Waals surface area contributed by atoms with Crippen LogP contribution in [0.3, 0.4) is 0 Å². The summed E-state index contributed by atoms with van der Waals surface area (Å²) in [4.78, 5) is 0. The Morgan fingerprint density at radius 2 is 1.28 bits per heavy atom. The van der Waals surface area contributed by atoms with Crippen molar-refractivity contribution in [3.63, 3.8) is 0 Å². The van der Waals surface area contributed by atoms with Crippen molar-refractivity contribution in [3.8, 4) is 11.8 Å². The summed E-state index contributed by atoms with van der Waals surface area (Å²) in [6.07, 6.45) is 0. The largest absolute Gasteiger partial charge is 0.296 e. The smallest absolute Gasteiger partial charge is 0.205 e. The molecule has 32 heavy (non-hydrogen) atoms. The molecule has 1 atom stereocenters. The van der Waals surface area contributed by atoms with Gasteiger partial charge in [-0.25, -0.2) is 5.09 Å². The Balaban J connectivity index is 1.82. The molecule has 0 spiro atoms. The molecule has 0 radical (unpaired) electrons.